The van der Waals surface area contributed by atoms with Crippen LogP contribution in [-0.4, -0.2) is 47.4 Å². The number of anilines is 1. The van der Waals surface area contributed by atoms with E-state index in [0.29, 0.717) is 23.7 Å². The van der Waals surface area contributed by atoms with Crippen LogP contribution in [0.5, 0.6) is 0 Å². The fourth-order valence-electron chi connectivity index (χ4n) is 1.63. The van der Waals surface area contributed by atoms with Gasteiger partial charge in [-0.25, -0.2) is 4.79 Å². The molecule has 3 N–H and O–H groups in total. The number of rotatable bonds is 6. The van der Waals surface area contributed by atoms with E-state index in [2.05, 4.69) is 5.32 Å². The summed E-state index contributed by atoms with van der Waals surface area (Å²) in [6, 6.07) is 4.97. The third-order valence-electron chi connectivity index (χ3n) is 2.75. The van der Waals surface area contributed by atoms with E-state index in [9.17, 15) is 4.79 Å². The van der Waals surface area contributed by atoms with Gasteiger partial charge >= 0.3 is 6.03 Å². The van der Waals surface area contributed by atoms with Gasteiger partial charge < -0.3 is 20.4 Å². The van der Waals surface area contributed by atoms with Gasteiger partial charge in [-0.3, -0.25) is 0 Å². The van der Waals surface area contributed by atoms with E-state index >= 15 is 0 Å². The van der Waals surface area contributed by atoms with Gasteiger partial charge in [0.15, 0.2) is 0 Å². The van der Waals surface area contributed by atoms with Crippen LogP contribution in [0.15, 0.2) is 18.2 Å². The fraction of sp³-hybridized carbons (Fsp3) is 0.462. The van der Waals surface area contributed by atoms with Gasteiger partial charge in [-0.2, -0.15) is 0 Å². The van der Waals surface area contributed by atoms with Crippen molar-refractivity contribution in [3.63, 3.8) is 0 Å². The highest BCUT2D eigenvalue weighted by Gasteiger charge is 2.14. The zero-order valence-electron chi connectivity index (χ0n) is 10.9. The van der Waals surface area contributed by atoms with E-state index in [1.165, 1.54) is 4.90 Å². The molecule has 1 rings (SSSR count). The summed E-state index contributed by atoms with van der Waals surface area (Å²) in [4.78, 5) is 13.5. The van der Waals surface area contributed by atoms with Gasteiger partial charge in [0.2, 0.25) is 0 Å². The van der Waals surface area contributed by atoms with Gasteiger partial charge in [-0.05, 0) is 31.0 Å². The van der Waals surface area contributed by atoms with Crippen molar-refractivity contribution in [3.05, 3.63) is 28.8 Å². The van der Waals surface area contributed by atoms with Crippen molar-refractivity contribution in [1.82, 2.24) is 4.90 Å². The third kappa shape index (κ3) is 4.70. The number of hydrogen-bond donors (Lipinski definition) is 3. The van der Waals surface area contributed by atoms with Crippen molar-refractivity contribution in [1.29, 1.82) is 0 Å². The molecule has 0 radical (unpaired) electrons. The molecule has 0 fully saturated rings. The lowest BCUT2D eigenvalue weighted by molar-refractivity contribution is 0.180. The van der Waals surface area contributed by atoms with Crippen LogP contribution in [0.4, 0.5) is 10.5 Å². The number of nitrogens with zero attached hydrogens (tertiary/aromatic N) is 1. The lowest BCUT2D eigenvalue weighted by Gasteiger charge is -2.22. The van der Waals surface area contributed by atoms with E-state index in [0.717, 1.165) is 5.56 Å². The summed E-state index contributed by atoms with van der Waals surface area (Å²) in [5.41, 5.74) is 1.44. The van der Waals surface area contributed by atoms with Crippen LogP contribution in [0.1, 0.15) is 12.0 Å². The zero-order valence-corrected chi connectivity index (χ0v) is 11.7. The number of aliphatic hydroxyl groups excluding tert-OH is 2. The monoisotopic (exact) mass is 286 g/mol. The second-order valence-electron chi connectivity index (χ2n) is 4.13. The maximum Gasteiger partial charge on any atom is 0.321 e. The van der Waals surface area contributed by atoms with Gasteiger partial charge in [-0.1, -0.05) is 17.7 Å². The number of benzene rings is 1. The fourth-order valence-corrected chi connectivity index (χ4v) is 1.81. The molecule has 1 aromatic carbocycles. The van der Waals surface area contributed by atoms with Crippen molar-refractivity contribution in [2.45, 2.75) is 13.3 Å². The molecule has 0 spiro atoms. The van der Waals surface area contributed by atoms with Crippen LogP contribution >= 0.6 is 11.6 Å². The summed E-state index contributed by atoms with van der Waals surface area (Å²) >= 11 is 5.98. The molecular formula is C13H19ClN2O3. The summed E-state index contributed by atoms with van der Waals surface area (Å²) in [5.74, 6) is 0. The summed E-state index contributed by atoms with van der Waals surface area (Å²) in [6.07, 6.45) is 0.474. The first kappa shape index (κ1) is 15.8. The minimum absolute atomic E-state index is 0.00536. The molecule has 6 heteroatoms. The standard InChI is InChI=1S/C13H19ClN2O3/c1-10-11(14)4-2-5-12(10)15-13(19)16(7-9-18)6-3-8-17/h2,4-5,17-18H,3,6-9H2,1H3,(H,15,19). The van der Waals surface area contributed by atoms with Crippen molar-refractivity contribution >= 4 is 23.3 Å². The van der Waals surface area contributed by atoms with Crippen LogP contribution < -0.4 is 5.32 Å². The van der Waals surface area contributed by atoms with E-state index < -0.39 is 0 Å². The summed E-state index contributed by atoms with van der Waals surface area (Å²) in [6.45, 7) is 2.33. The summed E-state index contributed by atoms with van der Waals surface area (Å²) in [7, 11) is 0. The van der Waals surface area contributed by atoms with Crippen molar-refractivity contribution in [2.24, 2.45) is 0 Å². The zero-order chi connectivity index (χ0) is 14.3. The van der Waals surface area contributed by atoms with Crippen LogP contribution in [0.2, 0.25) is 5.02 Å². The Morgan fingerprint density at radius 1 is 1.32 bits per heavy atom. The maximum absolute atomic E-state index is 12.1. The topological polar surface area (TPSA) is 72.8 Å². The average molecular weight is 287 g/mol. The van der Waals surface area contributed by atoms with Crippen molar-refractivity contribution in [2.75, 3.05) is 31.6 Å². The normalized spacial score (nSPS) is 10.3. The predicted octanol–water partition coefficient (Wildman–Crippen LogP) is 1.86. The van der Waals surface area contributed by atoms with Gasteiger partial charge in [0, 0.05) is 30.4 Å². The highest BCUT2D eigenvalue weighted by molar-refractivity contribution is 6.31. The molecule has 0 saturated carbocycles. The van der Waals surface area contributed by atoms with Crippen LogP contribution in [-0.2, 0) is 0 Å². The lowest BCUT2D eigenvalue weighted by Crippen LogP contribution is -2.38. The Kier molecular flexibility index (Phi) is 6.62. The summed E-state index contributed by atoms with van der Waals surface area (Å²) in [5, 5.41) is 21.1. The Morgan fingerprint density at radius 2 is 2.05 bits per heavy atom. The van der Waals surface area contributed by atoms with E-state index in [4.69, 9.17) is 21.8 Å². The van der Waals surface area contributed by atoms with Gasteiger partial charge in [0.1, 0.15) is 0 Å². The molecule has 0 aliphatic heterocycles. The van der Waals surface area contributed by atoms with Gasteiger partial charge in [0.05, 0.1) is 6.61 Å². The third-order valence-corrected chi connectivity index (χ3v) is 3.16. The highest BCUT2D eigenvalue weighted by Crippen LogP contribution is 2.23. The molecule has 0 atom stereocenters. The molecule has 0 saturated heterocycles. The minimum Gasteiger partial charge on any atom is -0.396 e. The highest BCUT2D eigenvalue weighted by atomic mass is 35.5. The number of nitrogens with one attached hydrogen (secondary N) is 1. The Hall–Kier alpha value is -1.30. The maximum atomic E-state index is 12.1. The second-order valence-corrected chi connectivity index (χ2v) is 4.54. The number of hydrogen-bond acceptors (Lipinski definition) is 3. The van der Waals surface area contributed by atoms with Crippen LogP contribution in [0.25, 0.3) is 0 Å². The average Bonchev–Trinajstić information content (AvgIpc) is 2.39. The van der Waals surface area contributed by atoms with Gasteiger partial charge in [0.25, 0.3) is 0 Å². The number of carbonyl (C=O) groups is 1. The SMILES string of the molecule is Cc1c(Cl)cccc1NC(=O)N(CCO)CCCO. The molecule has 5 nitrogen and oxygen atoms in total. The quantitative estimate of drug-likeness (QED) is 0.747. The molecule has 0 aromatic heterocycles. The molecule has 0 aliphatic carbocycles. The van der Waals surface area contributed by atoms with Crippen molar-refractivity contribution < 1.29 is 15.0 Å². The molecule has 0 aliphatic rings. The Morgan fingerprint density at radius 3 is 2.68 bits per heavy atom. The Bertz CT molecular complexity index is 426. The first-order valence-electron chi connectivity index (χ1n) is 6.13. The van der Waals surface area contributed by atoms with Crippen LogP contribution in [0, 0.1) is 6.92 Å². The predicted molar refractivity (Wildman–Crippen MR) is 75.6 cm³/mol. The van der Waals surface area contributed by atoms with Crippen molar-refractivity contribution in [3.8, 4) is 0 Å². The molecule has 1 aromatic rings. The Labute approximate surface area is 117 Å². The number of aliphatic hydroxyl groups is 2. The van der Waals surface area contributed by atoms with E-state index in [-0.39, 0.29) is 25.8 Å². The molecule has 19 heavy (non-hydrogen) atoms. The van der Waals surface area contributed by atoms with E-state index in [1.54, 1.807) is 18.2 Å². The number of urea groups is 1. The molecule has 0 unspecified atom stereocenters. The first-order chi connectivity index (χ1) is 9.10. The number of halogens is 1. The van der Waals surface area contributed by atoms with E-state index in [1.807, 2.05) is 6.92 Å². The minimum atomic E-state index is -0.312. The smallest absolute Gasteiger partial charge is 0.321 e. The summed E-state index contributed by atoms with van der Waals surface area (Å²) < 4.78 is 0. The number of amides is 2. The molecule has 106 valence electrons. The van der Waals surface area contributed by atoms with Gasteiger partial charge in [-0.15, -0.1) is 0 Å². The van der Waals surface area contributed by atoms with Crippen LogP contribution in [0.3, 0.4) is 0 Å². The molecular weight excluding hydrogens is 268 g/mol. The lowest BCUT2D eigenvalue weighted by atomic mass is 10.2. The second kappa shape index (κ2) is 7.99. The molecule has 2 amide bonds. The molecule has 0 bridgehead atoms. The first-order valence-corrected chi connectivity index (χ1v) is 6.50. The molecule has 0 heterocycles. The Balaban J connectivity index is 2.72. The largest absolute Gasteiger partial charge is 0.396 e. The number of carbonyl (C=O) groups excluding carboxylic acids is 1.